The topological polar surface area (TPSA) is 119 Å². The van der Waals surface area contributed by atoms with Gasteiger partial charge in [-0.15, -0.1) is 17.9 Å². The lowest BCUT2D eigenvalue weighted by molar-refractivity contribution is -0.123. The van der Waals surface area contributed by atoms with Gasteiger partial charge in [-0.05, 0) is 87.1 Å². The molecule has 2 atom stereocenters. The summed E-state index contributed by atoms with van der Waals surface area (Å²) in [6, 6.07) is 11.7. The third kappa shape index (κ3) is 7.29. The van der Waals surface area contributed by atoms with E-state index in [4.69, 9.17) is 21.1 Å². The van der Waals surface area contributed by atoms with Crippen molar-refractivity contribution in [1.82, 2.24) is 0 Å². The van der Waals surface area contributed by atoms with Crippen LogP contribution in [0.4, 0.5) is 10.7 Å². The summed E-state index contributed by atoms with van der Waals surface area (Å²) in [5, 5.41) is 3.56. The molecule has 4 rings (SSSR count). The van der Waals surface area contributed by atoms with Gasteiger partial charge in [0.2, 0.25) is 0 Å². The highest BCUT2D eigenvalue weighted by atomic mass is 35.5. The Morgan fingerprint density at radius 1 is 1.19 bits per heavy atom. The normalized spacial score (nSPS) is 15.1. The average molecular weight is 645 g/mol. The number of hydrogen-bond donors (Lipinski definition) is 1. The monoisotopic (exact) mass is 644 g/mol. The third-order valence-electron chi connectivity index (χ3n) is 6.95. The number of benzene rings is 2. The van der Waals surface area contributed by atoms with Gasteiger partial charge >= 0.3 is 11.9 Å². The Bertz CT molecular complexity index is 1630. The second kappa shape index (κ2) is 13.7. The highest BCUT2D eigenvalue weighted by molar-refractivity contribution is 7.92. The molecule has 43 heavy (non-hydrogen) atoms. The quantitative estimate of drug-likeness (QED) is 0.193. The van der Waals surface area contributed by atoms with Crippen LogP contribution in [0.1, 0.15) is 58.3 Å². The molecule has 0 unspecified atom stereocenters. The van der Waals surface area contributed by atoms with Crippen molar-refractivity contribution in [3.05, 3.63) is 87.8 Å². The first kappa shape index (κ1) is 32.2. The number of sulfonamides is 1. The number of fused-ring (bicyclic) bond motifs is 1. The summed E-state index contributed by atoms with van der Waals surface area (Å²) in [6.07, 6.45) is 2.64. The minimum atomic E-state index is -4.10. The molecule has 3 aromatic rings. The summed E-state index contributed by atoms with van der Waals surface area (Å²) in [5.74, 6) is -1.56. The van der Waals surface area contributed by atoms with Crippen molar-refractivity contribution in [1.29, 1.82) is 0 Å². The number of amides is 1. The molecule has 1 amide bonds. The van der Waals surface area contributed by atoms with Crippen molar-refractivity contribution < 1.29 is 32.3 Å². The highest BCUT2D eigenvalue weighted by Crippen LogP contribution is 2.40. The summed E-state index contributed by atoms with van der Waals surface area (Å²) >= 11 is 7.30. The first-order valence-corrected chi connectivity index (χ1v) is 16.4. The Hall–Kier alpha value is -3.67. The molecular weight excluding hydrogens is 612 g/mol. The molecular formula is C31H33ClN2O7S2. The van der Waals surface area contributed by atoms with Crippen molar-refractivity contribution >= 4 is 61.5 Å². The molecule has 228 valence electrons. The van der Waals surface area contributed by atoms with Crippen molar-refractivity contribution in [3.63, 3.8) is 0 Å². The van der Waals surface area contributed by atoms with Crippen molar-refractivity contribution in [3.8, 4) is 0 Å². The summed E-state index contributed by atoms with van der Waals surface area (Å²) in [6.45, 7) is 9.09. The summed E-state index contributed by atoms with van der Waals surface area (Å²) in [5.41, 5.74) is 1.56. The number of carbonyl (C=O) groups excluding carboxylic acids is 3. The molecule has 0 saturated carbocycles. The van der Waals surface area contributed by atoms with Gasteiger partial charge in [0, 0.05) is 9.90 Å². The number of esters is 2. The van der Waals surface area contributed by atoms with Gasteiger partial charge in [-0.2, -0.15) is 0 Å². The van der Waals surface area contributed by atoms with Gasteiger partial charge in [0.25, 0.3) is 15.9 Å². The van der Waals surface area contributed by atoms with E-state index in [0.29, 0.717) is 33.6 Å². The summed E-state index contributed by atoms with van der Waals surface area (Å²) < 4.78 is 38.9. The van der Waals surface area contributed by atoms with Gasteiger partial charge in [0.1, 0.15) is 5.00 Å². The van der Waals surface area contributed by atoms with Gasteiger partial charge in [-0.25, -0.2) is 18.0 Å². The first-order chi connectivity index (χ1) is 20.5. The second-order valence-corrected chi connectivity index (χ2v) is 13.5. The molecule has 0 saturated heterocycles. The zero-order valence-corrected chi connectivity index (χ0v) is 26.5. The second-order valence-electron chi connectivity index (χ2n) is 10.1. The lowest BCUT2D eigenvalue weighted by atomic mass is 9.88. The van der Waals surface area contributed by atoms with Crippen LogP contribution in [0.2, 0.25) is 5.02 Å². The number of ether oxygens (including phenoxy) is 2. The maximum atomic E-state index is 13.5. The lowest BCUT2D eigenvalue weighted by Gasteiger charge is -2.23. The molecule has 12 heteroatoms. The zero-order chi connectivity index (χ0) is 31.3. The molecule has 1 heterocycles. The minimum Gasteiger partial charge on any atom is -0.462 e. The maximum Gasteiger partial charge on any atom is 0.341 e. The number of rotatable bonds is 11. The van der Waals surface area contributed by atoms with E-state index in [2.05, 4.69) is 18.8 Å². The maximum absolute atomic E-state index is 13.5. The Labute approximate surface area is 260 Å². The van der Waals surface area contributed by atoms with Crippen LogP contribution in [0.15, 0.2) is 66.1 Å². The van der Waals surface area contributed by atoms with E-state index >= 15 is 0 Å². The predicted octanol–water partition coefficient (Wildman–Crippen LogP) is 6.27. The molecule has 1 N–H and O–H groups in total. The van der Waals surface area contributed by atoms with Crippen LogP contribution in [-0.4, -0.2) is 45.5 Å². The molecule has 0 radical (unpaired) electrons. The van der Waals surface area contributed by atoms with Crippen LogP contribution in [0.5, 0.6) is 0 Å². The summed E-state index contributed by atoms with van der Waals surface area (Å²) in [4.78, 5) is 39.8. The van der Waals surface area contributed by atoms with Crippen LogP contribution in [0.25, 0.3) is 0 Å². The van der Waals surface area contributed by atoms with E-state index in [1.807, 2.05) is 0 Å². The van der Waals surface area contributed by atoms with Crippen molar-refractivity contribution in [2.75, 3.05) is 22.8 Å². The molecule has 0 fully saturated rings. The fraction of sp³-hybridized carbons (Fsp3) is 0.323. The molecule has 1 aliphatic carbocycles. The van der Waals surface area contributed by atoms with Gasteiger partial charge in [-0.3, -0.25) is 9.10 Å². The number of nitrogens with one attached hydrogen (secondary N) is 1. The molecule has 0 bridgehead atoms. The van der Waals surface area contributed by atoms with E-state index in [-0.39, 0.29) is 23.6 Å². The van der Waals surface area contributed by atoms with Gasteiger partial charge < -0.3 is 14.8 Å². The Balaban J connectivity index is 1.52. The average Bonchev–Trinajstić information content (AvgIpc) is 3.33. The van der Waals surface area contributed by atoms with Crippen molar-refractivity contribution in [2.24, 2.45) is 5.92 Å². The molecule has 0 spiro atoms. The van der Waals surface area contributed by atoms with E-state index in [1.165, 1.54) is 48.6 Å². The lowest BCUT2D eigenvalue weighted by Crippen LogP contribution is -2.32. The first-order valence-electron chi connectivity index (χ1n) is 13.8. The third-order valence-corrected chi connectivity index (χ3v) is 10.2. The Morgan fingerprint density at radius 2 is 1.91 bits per heavy atom. The van der Waals surface area contributed by atoms with E-state index in [9.17, 15) is 22.8 Å². The van der Waals surface area contributed by atoms with E-state index < -0.39 is 34.0 Å². The number of anilines is 2. The Kier molecular flexibility index (Phi) is 10.3. The number of halogens is 1. The standard InChI is InChI=1S/C31H33ClN2O7S2/c1-5-16-34(23-13-11-22(32)12-14-23)43(38,39)24-9-7-8-21(18-24)30(36)41-20(4)28(35)33-29-27(31(37)40-6-2)25-15-10-19(3)17-26(25)42-29/h5,7-9,11-14,18-20H,1,6,10,15-17H2,2-4H3,(H,33,35)/t19-,20-/m0/s1. The van der Waals surface area contributed by atoms with Gasteiger partial charge in [0.05, 0.1) is 34.9 Å². The summed E-state index contributed by atoms with van der Waals surface area (Å²) in [7, 11) is -4.10. The van der Waals surface area contributed by atoms with E-state index in [0.717, 1.165) is 27.6 Å². The van der Waals surface area contributed by atoms with Gasteiger partial charge in [0.15, 0.2) is 6.10 Å². The minimum absolute atomic E-state index is 0.0192. The number of nitrogens with zero attached hydrogens (tertiary/aromatic N) is 1. The van der Waals surface area contributed by atoms with Crippen LogP contribution in [0, 0.1) is 5.92 Å². The predicted molar refractivity (Wildman–Crippen MR) is 168 cm³/mol. The number of thiophene rings is 1. The highest BCUT2D eigenvalue weighted by Gasteiger charge is 2.31. The molecule has 9 nitrogen and oxygen atoms in total. The fourth-order valence-corrected chi connectivity index (χ4v) is 7.74. The Morgan fingerprint density at radius 3 is 2.58 bits per heavy atom. The molecule has 0 aliphatic heterocycles. The van der Waals surface area contributed by atoms with Crippen LogP contribution >= 0.6 is 22.9 Å². The zero-order valence-electron chi connectivity index (χ0n) is 24.1. The molecule has 1 aliphatic rings. The van der Waals surface area contributed by atoms with Crippen LogP contribution in [0.3, 0.4) is 0 Å². The molecule has 1 aromatic heterocycles. The van der Waals surface area contributed by atoms with E-state index in [1.54, 1.807) is 31.2 Å². The molecule has 2 aromatic carbocycles. The number of hydrogen-bond acceptors (Lipinski definition) is 8. The van der Waals surface area contributed by atoms with Crippen LogP contribution < -0.4 is 9.62 Å². The SMILES string of the molecule is C=CCN(c1ccc(Cl)cc1)S(=O)(=O)c1cccc(C(=O)O[C@@H](C)C(=O)Nc2sc3c(c2C(=O)OCC)CC[C@H](C)C3)c1. The van der Waals surface area contributed by atoms with Crippen molar-refractivity contribution in [2.45, 2.75) is 51.0 Å². The number of carbonyl (C=O) groups is 3. The smallest absolute Gasteiger partial charge is 0.341 e. The largest absolute Gasteiger partial charge is 0.462 e. The fourth-order valence-electron chi connectivity index (χ4n) is 4.73. The van der Waals surface area contributed by atoms with Gasteiger partial charge in [-0.1, -0.05) is 30.7 Å². The van der Waals surface area contributed by atoms with Crippen LogP contribution in [-0.2, 0) is 37.1 Å².